The summed E-state index contributed by atoms with van der Waals surface area (Å²) in [5, 5.41) is 6.01. The lowest BCUT2D eigenvalue weighted by molar-refractivity contribution is -0.131. The number of nitrogens with one attached hydrogen (secondary N) is 2. The van der Waals surface area contributed by atoms with Crippen LogP contribution in [0.25, 0.3) is 0 Å². The van der Waals surface area contributed by atoms with Crippen molar-refractivity contribution >= 4 is 11.8 Å². The third-order valence-electron chi connectivity index (χ3n) is 3.32. The molecule has 0 bridgehead atoms. The van der Waals surface area contributed by atoms with E-state index in [0.717, 1.165) is 19.4 Å². The maximum absolute atomic E-state index is 12.0. The van der Waals surface area contributed by atoms with Gasteiger partial charge in [-0.1, -0.05) is 13.3 Å². The van der Waals surface area contributed by atoms with Crippen molar-refractivity contribution in [2.45, 2.75) is 38.8 Å². The molecule has 18 heavy (non-hydrogen) atoms. The SMILES string of the molecule is CCCCNC(=O)C(C)N1CCNCC1C(N)=O. The Morgan fingerprint density at radius 3 is 2.89 bits per heavy atom. The van der Waals surface area contributed by atoms with E-state index in [9.17, 15) is 9.59 Å². The predicted octanol–water partition coefficient (Wildman–Crippen LogP) is -0.950. The summed E-state index contributed by atoms with van der Waals surface area (Å²) in [5.74, 6) is -0.410. The molecule has 2 unspecified atom stereocenters. The second kappa shape index (κ2) is 7.33. The molecule has 104 valence electrons. The van der Waals surface area contributed by atoms with E-state index in [-0.39, 0.29) is 17.9 Å². The fourth-order valence-corrected chi connectivity index (χ4v) is 2.13. The second-order valence-electron chi connectivity index (χ2n) is 4.68. The van der Waals surface area contributed by atoms with E-state index in [1.807, 2.05) is 11.8 Å². The summed E-state index contributed by atoms with van der Waals surface area (Å²) in [6.45, 7) is 6.54. The van der Waals surface area contributed by atoms with Crippen molar-refractivity contribution in [3.8, 4) is 0 Å². The Labute approximate surface area is 108 Å². The number of carbonyl (C=O) groups is 2. The fraction of sp³-hybridized carbons (Fsp3) is 0.833. The van der Waals surface area contributed by atoms with Gasteiger partial charge in [0.2, 0.25) is 11.8 Å². The molecule has 0 spiro atoms. The van der Waals surface area contributed by atoms with Crippen molar-refractivity contribution in [1.29, 1.82) is 0 Å². The maximum atomic E-state index is 12.0. The van der Waals surface area contributed by atoms with Crippen molar-refractivity contribution in [3.05, 3.63) is 0 Å². The van der Waals surface area contributed by atoms with Gasteiger partial charge in [-0.2, -0.15) is 0 Å². The third-order valence-corrected chi connectivity index (χ3v) is 3.32. The lowest BCUT2D eigenvalue weighted by Crippen LogP contribution is -2.62. The van der Waals surface area contributed by atoms with Crippen molar-refractivity contribution < 1.29 is 9.59 Å². The lowest BCUT2D eigenvalue weighted by Gasteiger charge is -2.37. The Kier molecular flexibility index (Phi) is 6.07. The van der Waals surface area contributed by atoms with Crippen LogP contribution in [0.4, 0.5) is 0 Å². The minimum absolute atomic E-state index is 0.0309. The van der Waals surface area contributed by atoms with Gasteiger partial charge in [0, 0.05) is 26.2 Å². The average molecular weight is 256 g/mol. The van der Waals surface area contributed by atoms with Gasteiger partial charge in [-0.25, -0.2) is 0 Å². The Morgan fingerprint density at radius 1 is 1.56 bits per heavy atom. The Bertz CT molecular complexity index is 296. The molecule has 4 N–H and O–H groups in total. The highest BCUT2D eigenvalue weighted by Crippen LogP contribution is 2.08. The van der Waals surface area contributed by atoms with Gasteiger partial charge in [-0.15, -0.1) is 0 Å². The number of nitrogens with two attached hydrogens (primary N) is 1. The van der Waals surface area contributed by atoms with E-state index in [1.54, 1.807) is 0 Å². The molecule has 0 aliphatic carbocycles. The summed E-state index contributed by atoms with van der Waals surface area (Å²) in [4.78, 5) is 25.2. The average Bonchev–Trinajstić information content (AvgIpc) is 2.38. The fourth-order valence-electron chi connectivity index (χ4n) is 2.13. The number of carbonyl (C=O) groups excluding carboxylic acids is 2. The van der Waals surface area contributed by atoms with Gasteiger partial charge in [-0.05, 0) is 13.3 Å². The molecule has 1 heterocycles. The lowest BCUT2D eigenvalue weighted by atomic mass is 10.1. The summed E-state index contributed by atoms with van der Waals surface area (Å²) in [6.07, 6.45) is 2.02. The summed E-state index contributed by atoms with van der Waals surface area (Å²) < 4.78 is 0. The summed E-state index contributed by atoms with van der Waals surface area (Å²) in [7, 11) is 0. The van der Waals surface area contributed by atoms with Crippen LogP contribution in [-0.4, -0.2) is 55.0 Å². The smallest absolute Gasteiger partial charge is 0.237 e. The van der Waals surface area contributed by atoms with Crippen molar-refractivity contribution in [3.63, 3.8) is 0 Å². The molecule has 1 fully saturated rings. The van der Waals surface area contributed by atoms with Crippen LogP contribution in [0.5, 0.6) is 0 Å². The van der Waals surface area contributed by atoms with Gasteiger partial charge in [-0.3, -0.25) is 14.5 Å². The van der Waals surface area contributed by atoms with Gasteiger partial charge in [0.1, 0.15) is 6.04 Å². The van der Waals surface area contributed by atoms with Gasteiger partial charge < -0.3 is 16.4 Å². The first-order valence-corrected chi connectivity index (χ1v) is 6.61. The van der Waals surface area contributed by atoms with Gasteiger partial charge >= 0.3 is 0 Å². The minimum atomic E-state index is -0.398. The molecule has 6 nitrogen and oxygen atoms in total. The van der Waals surface area contributed by atoms with Crippen LogP contribution in [0.1, 0.15) is 26.7 Å². The third kappa shape index (κ3) is 3.96. The normalized spacial score (nSPS) is 22.4. The minimum Gasteiger partial charge on any atom is -0.368 e. The zero-order valence-electron chi connectivity index (χ0n) is 11.2. The Hall–Kier alpha value is -1.14. The van der Waals surface area contributed by atoms with Gasteiger partial charge in [0.15, 0.2) is 0 Å². The van der Waals surface area contributed by atoms with Crippen LogP contribution in [0.2, 0.25) is 0 Å². The van der Waals surface area contributed by atoms with E-state index >= 15 is 0 Å². The van der Waals surface area contributed by atoms with Gasteiger partial charge in [0.05, 0.1) is 6.04 Å². The number of nitrogens with zero attached hydrogens (tertiary/aromatic N) is 1. The van der Waals surface area contributed by atoms with E-state index in [1.165, 1.54) is 0 Å². The van der Waals surface area contributed by atoms with Crippen molar-refractivity contribution in [2.24, 2.45) is 5.73 Å². The van der Waals surface area contributed by atoms with Crippen LogP contribution >= 0.6 is 0 Å². The number of unbranched alkanes of at least 4 members (excludes halogenated alkanes) is 1. The highest BCUT2D eigenvalue weighted by atomic mass is 16.2. The van der Waals surface area contributed by atoms with Crippen molar-refractivity contribution in [2.75, 3.05) is 26.2 Å². The molecular weight excluding hydrogens is 232 g/mol. The molecule has 1 saturated heterocycles. The number of hydrogen-bond donors (Lipinski definition) is 3. The molecule has 6 heteroatoms. The van der Waals surface area contributed by atoms with Gasteiger partial charge in [0.25, 0.3) is 0 Å². The summed E-state index contributed by atoms with van der Waals surface area (Å²) in [6, 6.07) is -0.716. The summed E-state index contributed by atoms with van der Waals surface area (Å²) >= 11 is 0. The van der Waals surface area contributed by atoms with Crippen LogP contribution in [-0.2, 0) is 9.59 Å². The van der Waals surface area contributed by atoms with E-state index in [4.69, 9.17) is 5.73 Å². The van der Waals surface area contributed by atoms with Crippen LogP contribution < -0.4 is 16.4 Å². The first-order valence-electron chi connectivity index (χ1n) is 6.61. The molecule has 0 saturated carbocycles. The molecule has 2 amide bonds. The monoisotopic (exact) mass is 256 g/mol. The molecule has 0 aromatic rings. The molecule has 0 radical (unpaired) electrons. The van der Waals surface area contributed by atoms with Crippen LogP contribution in [0.3, 0.4) is 0 Å². The van der Waals surface area contributed by atoms with Crippen LogP contribution in [0, 0.1) is 0 Å². The molecule has 1 rings (SSSR count). The summed E-state index contributed by atoms with van der Waals surface area (Å²) in [5.41, 5.74) is 5.36. The molecule has 1 aliphatic rings. The number of primary amides is 1. The zero-order chi connectivity index (χ0) is 13.5. The van der Waals surface area contributed by atoms with Crippen molar-refractivity contribution in [1.82, 2.24) is 15.5 Å². The Morgan fingerprint density at radius 2 is 2.28 bits per heavy atom. The van der Waals surface area contributed by atoms with E-state index in [0.29, 0.717) is 19.6 Å². The molecule has 0 aromatic carbocycles. The number of amides is 2. The highest BCUT2D eigenvalue weighted by Gasteiger charge is 2.33. The molecule has 1 aliphatic heterocycles. The Balaban J connectivity index is 2.54. The van der Waals surface area contributed by atoms with E-state index in [2.05, 4.69) is 17.6 Å². The number of rotatable bonds is 6. The molecular formula is C12H24N4O2. The van der Waals surface area contributed by atoms with Crippen LogP contribution in [0.15, 0.2) is 0 Å². The number of hydrogen-bond acceptors (Lipinski definition) is 4. The molecule has 0 aromatic heterocycles. The quantitative estimate of drug-likeness (QED) is 0.535. The zero-order valence-corrected chi connectivity index (χ0v) is 11.2. The largest absolute Gasteiger partial charge is 0.368 e. The highest BCUT2D eigenvalue weighted by molar-refractivity contribution is 5.84. The number of piperazine rings is 1. The van der Waals surface area contributed by atoms with E-state index < -0.39 is 6.04 Å². The maximum Gasteiger partial charge on any atom is 0.237 e. The topological polar surface area (TPSA) is 87.5 Å². The first kappa shape index (κ1) is 14.9. The standard InChI is InChI=1S/C12H24N4O2/c1-3-4-5-15-12(18)9(2)16-7-6-14-8-10(16)11(13)17/h9-10,14H,3-8H2,1-2H3,(H2,13,17)(H,15,18). The second-order valence-corrected chi connectivity index (χ2v) is 4.68. The molecule has 2 atom stereocenters. The predicted molar refractivity (Wildman–Crippen MR) is 69.9 cm³/mol. The first-order chi connectivity index (χ1) is 8.57.